The van der Waals surface area contributed by atoms with Gasteiger partial charge in [0.2, 0.25) is 5.91 Å². The summed E-state index contributed by atoms with van der Waals surface area (Å²) < 4.78 is 1.92. The van der Waals surface area contributed by atoms with Crippen LogP contribution in [0.4, 0.5) is 5.00 Å². The van der Waals surface area contributed by atoms with Crippen LogP contribution >= 0.6 is 34.7 Å². The molecule has 1 unspecified atom stereocenters. The second-order valence-electron chi connectivity index (χ2n) is 7.72. The largest absolute Gasteiger partial charge is 0.316 e. The molecule has 0 saturated carbocycles. The summed E-state index contributed by atoms with van der Waals surface area (Å²) in [6, 6.07) is 9.67. The fraction of sp³-hybridized carbons (Fsp3) is 0.304. The van der Waals surface area contributed by atoms with Crippen molar-refractivity contribution < 1.29 is 4.79 Å². The maximum Gasteiger partial charge on any atom is 0.235 e. The molecule has 1 aliphatic rings. The van der Waals surface area contributed by atoms with Crippen LogP contribution in [0.25, 0.3) is 11.4 Å². The highest BCUT2D eigenvalue weighted by Gasteiger charge is 2.25. The number of benzene rings is 1. The lowest BCUT2D eigenvalue weighted by Crippen LogP contribution is -2.15. The van der Waals surface area contributed by atoms with Crippen molar-refractivity contribution in [2.45, 2.75) is 37.9 Å². The highest BCUT2D eigenvalue weighted by atomic mass is 35.5. The SMILES string of the molecule is C=CCn1c(SCC(=O)Nc2sc3c(c2C#N)CCC(C)C3)nnc1-c1ccc(Cl)cc1. The molecule has 32 heavy (non-hydrogen) atoms. The number of carbonyl (C=O) groups excluding carboxylic acids is 1. The van der Waals surface area contributed by atoms with Crippen LogP contribution < -0.4 is 5.32 Å². The van der Waals surface area contributed by atoms with E-state index in [2.05, 4.69) is 35.1 Å². The maximum absolute atomic E-state index is 12.7. The van der Waals surface area contributed by atoms with Gasteiger partial charge in [0.15, 0.2) is 11.0 Å². The zero-order valence-corrected chi connectivity index (χ0v) is 20.0. The Bertz CT molecular complexity index is 1190. The van der Waals surface area contributed by atoms with Gasteiger partial charge in [0.05, 0.1) is 11.3 Å². The molecule has 0 spiro atoms. The van der Waals surface area contributed by atoms with Crippen LogP contribution in [-0.2, 0) is 24.2 Å². The first-order chi connectivity index (χ1) is 15.5. The Morgan fingerprint density at radius 2 is 2.22 bits per heavy atom. The van der Waals surface area contributed by atoms with Crippen molar-refractivity contribution in [2.24, 2.45) is 5.92 Å². The lowest BCUT2D eigenvalue weighted by molar-refractivity contribution is -0.113. The number of rotatable bonds is 7. The predicted molar refractivity (Wildman–Crippen MR) is 130 cm³/mol. The second kappa shape index (κ2) is 9.90. The number of carbonyl (C=O) groups is 1. The number of anilines is 1. The van der Waals surface area contributed by atoms with Crippen molar-refractivity contribution >= 4 is 45.6 Å². The minimum absolute atomic E-state index is 0.166. The van der Waals surface area contributed by atoms with Gasteiger partial charge in [-0.25, -0.2) is 0 Å². The van der Waals surface area contributed by atoms with Gasteiger partial charge in [-0.1, -0.05) is 36.4 Å². The Kier molecular flexibility index (Phi) is 6.99. The molecule has 1 aromatic carbocycles. The number of nitrogens with one attached hydrogen (secondary N) is 1. The highest BCUT2D eigenvalue weighted by molar-refractivity contribution is 7.99. The van der Waals surface area contributed by atoms with Gasteiger partial charge in [-0.3, -0.25) is 9.36 Å². The third-order valence-corrected chi connectivity index (χ3v) is 7.73. The average Bonchev–Trinajstić information content (AvgIpc) is 3.33. The lowest BCUT2D eigenvalue weighted by atomic mass is 9.89. The number of aromatic nitrogens is 3. The predicted octanol–water partition coefficient (Wildman–Crippen LogP) is 5.57. The monoisotopic (exact) mass is 483 g/mol. The molecule has 1 aliphatic carbocycles. The molecule has 0 saturated heterocycles. The van der Waals surface area contributed by atoms with Gasteiger partial charge in [0, 0.05) is 22.0 Å². The first kappa shape index (κ1) is 22.6. The summed E-state index contributed by atoms with van der Waals surface area (Å²) in [6.07, 6.45) is 4.72. The number of allylic oxidation sites excluding steroid dienone is 1. The topological polar surface area (TPSA) is 83.6 Å². The van der Waals surface area contributed by atoms with Crippen LogP contribution in [0.2, 0.25) is 5.02 Å². The average molecular weight is 484 g/mol. The summed E-state index contributed by atoms with van der Waals surface area (Å²) in [7, 11) is 0. The standard InChI is InChI=1S/C23H22ClN5OS2/c1-3-10-29-21(15-5-7-16(24)8-6-15)27-28-23(29)31-13-20(30)26-22-18(12-25)17-9-4-14(2)11-19(17)32-22/h3,5-8,14H,1,4,9-11,13H2,2H3,(H,26,30). The molecule has 3 aromatic rings. The summed E-state index contributed by atoms with van der Waals surface area (Å²) in [6.45, 7) is 6.56. The summed E-state index contributed by atoms with van der Waals surface area (Å²) in [5.41, 5.74) is 2.61. The molecule has 1 N–H and O–H groups in total. The van der Waals surface area contributed by atoms with Crippen molar-refractivity contribution in [1.29, 1.82) is 5.26 Å². The molecule has 0 aliphatic heterocycles. The molecular formula is C23H22ClN5OS2. The number of hydrogen-bond donors (Lipinski definition) is 1. The third kappa shape index (κ3) is 4.75. The Hall–Kier alpha value is -2.60. The van der Waals surface area contributed by atoms with Gasteiger partial charge in [-0.2, -0.15) is 5.26 Å². The molecule has 1 atom stereocenters. The van der Waals surface area contributed by atoms with Crippen LogP contribution in [-0.4, -0.2) is 26.4 Å². The lowest BCUT2D eigenvalue weighted by Gasteiger charge is -2.17. The van der Waals surface area contributed by atoms with E-state index in [4.69, 9.17) is 11.6 Å². The van der Waals surface area contributed by atoms with Gasteiger partial charge in [-0.05, 0) is 55.0 Å². The number of nitrogens with zero attached hydrogens (tertiary/aromatic N) is 4. The minimum atomic E-state index is -0.167. The number of thiophene rings is 1. The van der Waals surface area contributed by atoms with E-state index in [0.29, 0.717) is 39.0 Å². The Morgan fingerprint density at radius 1 is 1.44 bits per heavy atom. The molecule has 1 amide bonds. The molecule has 6 nitrogen and oxygen atoms in total. The van der Waals surface area contributed by atoms with Crippen molar-refractivity contribution in [3.8, 4) is 17.5 Å². The highest BCUT2D eigenvalue weighted by Crippen LogP contribution is 2.39. The molecule has 9 heteroatoms. The first-order valence-electron chi connectivity index (χ1n) is 10.3. The minimum Gasteiger partial charge on any atom is -0.316 e. The van der Waals surface area contributed by atoms with Crippen molar-refractivity contribution in [2.75, 3.05) is 11.1 Å². The molecule has 164 valence electrons. The maximum atomic E-state index is 12.7. The zero-order valence-electron chi connectivity index (χ0n) is 17.6. The zero-order chi connectivity index (χ0) is 22.7. The van der Waals surface area contributed by atoms with E-state index in [1.54, 1.807) is 18.2 Å². The van der Waals surface area contributed by atoms with Crippen molar-refractivity contribution in [3.63, 3.8) is 0 Å². The fourth-order valence-corrected chi connectivity index (χ4v) is 6.00. The number of amides is 1. The summed E-state index contributed by atoms with van der Waals surface area (Å²) >= 11 is 8.83. The van der Waals surface area contributed by atoms with Crippen LogP contribution in [0, 0.1) is 17.2 Å². The van der Waals surface area contributed by atoms with E-state index < -0.39 is 0 Å². The van der Waals surface area contributed by atoms with Crippen molar-refractivity contribution in [1.82, 2.24) is 14.8 Å². The van der Waals surface area contributed by atoms with E-state index >= 15 is 0 Å². The Labute approximate surface area is 200 Å². The third-order valence-electron chi connectivity index (χ3n) is 5.34. The van der Waals surface area contributed by atoms with Gasteiger partial charge in [-0.15, -0.1) is 28.1 Å². The van der Waals surface area contributed by atoms with E-state index in [9.17, 15) is 10.1 Å². The van der Waals surface area contributed by atoms with E-state index in [0.717, 1.165) is 30.4 Å². The molecular weight excluding hydrogens is 462 g/mol. The van der Waals surface area contributed by atoms with E-state index in [1.165, 1.54) is 28.0 Å². The normalized spacial score (nSPS) is 15.1. The molecule has 4 rings (SSSR count). The van der Waals surface area contributed by atoms with Crippen LogP contribution in [0.1, 0.15) is 29.3 Å². The second-order valence-corrected chi connectivity index (χ2v) is 10.2. The summed E-state index contributed by atoms with van der Waals surface area (Å²) in [5.74, 6) is 1.30. The van der Waals surface area contributed by atoms with E-state index in [-0.39, 0.29) is 11.7 Å². The molecule has 0 radical (unpaired) electrons. The fourth-order valence-electron chi connectivity index (χ4n) is 3.75. The number of fused-ring (bicyclic) bond motifs is 1. The van der Waals surface area contributed by atoms with Gasteiger partial charge in [0.1, 0.15) is 11.1 Å². The Morgan fingerprint density at radius 3 is 2.94 bits per heavy atom. The number of halogens is 1. The van der Waals surface area contributed by atoms with Crippen LogP contribution in [0.15, 0.2) is 42.1 Å². The van der Waals surface area contributed by atoms with E-state index in [1.807, 2.05) is 16.7 Å². The van der Waals surface area contributed by atoms with Crippen LogP contribution in [0.3, 0.4) is 0 Å². The van der Waals surface area contributed by atoms with Gasteiger partial charge >= 0.3 is 0 Å². The number of nitriles is 1. The molecule has 2 heterocycles. The molecule has 0 fully saturated rings. The molecule has 0 bridgehead atoms. The Balaban J connectivity index is 1.47. The summed E-state index contributed by atoms with van der Waals surface area (Å²) in [4.78, 5) is 13.9. The van der Waals surface area contributed by atoms with Crippen molar-refractivity contribution in [3.05, 3.63) is 57.9 Å². The van der Waals surface area contributed by atoms with Gasteiger partial charge < -0.3 is 5.32 Å². The summed E-state index contributed by atoms with van der Waals surface area (Å²) in [5, 5.41) is 23.1. The number of thioether (sulfide) groups is 1. The van der Waals surface area contributed by atoms with Crippen LogP contribution in [0.5, 0.6) is 0 Å². The first-order valence-corrected chi connectivity index (χ1v) is 12.5. The smallest absolute Gasteiger partial charge is 0.235 e. The number of hydrogen-bond acceptors (Lipinski definition) is 6. The molecule has 2 aromatic heterocycles. The quantitative estimate of drug-likeness (QED) is 0.350. The van der Waals surface area contributed by atoms with Gasteiger partial charge in [0.25, 0.3) is 0 Å².